The molecule has 3 aromatic rings. The van der Waals surface area contributed by atoms with Gasteiger partial charge in [0.1, 0.15) is 6.33 Å². The molecule has 2 heterocycles. The van der Waals surface area contributed by atoms with Gasteiger partial charge in [0.05, 0.1) is 11.3 Å². The zero-order valence-corrected chi connectivity index (χ0v) is 15.4. The van der Waals surface area contributed by atoms with Crippen LogP contribution in [-0.2, 0) is 16.1 Å². The highest BCUT2D eigenvalue weighted by Gasteiger charge is 2.19. The Labute approximate surface area is 165 Å². The number of ether oxygens (including phenoxy) is 3. The van der Waals surface area contributed by atoms with Crippen molar-refractivity contribution in [2.24, 2.45) is 0 Å². The minimum atomic E-state index is -0.948. The molecule has 0 saturated heterocycles. The first kappa shape index (κ1) is 18.4. The molecule has 0 bridgehead atoms. The molecule has 0 saturated carbocycles. The molecule has 0 fully saturated rings. The van der Waals surface area contributed by atoms with E-state index in [0.29, 0.717) is 22.7 Å². The van der Waals surface area contributed by atoms with Gasteiger partial charge in [0.15, 0.2) is 17.6 Å². The Morgan fingerprint density at radius 1 is 1.17 bits per heavy atom. The quantitative estimate of drug-likeness (QED) is 0.620. The van der Waals surface area contributed by atoms with Crippen LogP contribution in [0.25, 0.3) is 5.69 Å². The molecule has 0 radical (unpaired) electrons. The molecule has 1 amide bonds. The molecule has 1 aromatic heterocycles. The van der Waals surface area contributed by atoms with Crippen LogP contribution in [0.5, 0.6) is 11.5 Å². The second kappa shape index (κ2) is 7.97. The van der Waals surface area contributed by atoms with E-state index in [1.165, 1.54) is 17.9 Å². The number of tetrazole rings is 1. The topological polar surface area (TPSA) is 117 Å². The van der Waals surface area contributed by atoms with Crippen molar-refractivity contribution in [1.82, 2.24) is 25.5 Å². The summed E-state index contributed by atoms with van der Waals surface area (Å²) in [5.74, 6) is 0.315. The number of nitrogens with one attached hydrogen (secondary N) is 1. The van der Waals surface area contributed by atoms with Crippen LogP contribution in [0.1, 0.15) is 22.8 Å². The monoisotopic (exact) mass is 395 g/mol. The predicted octanol–water partition coefficient (Wildman–Crippen LogP) is 1.25. The second-order valence-electron chi connectivity index (χ2n) is 6.25. The SMILES string of the molecule is C[C@H](OC(=O)c1ccc(-n2cnnn2)cc1)C(=O)NCc1ccc2c(c1)OCO2. The summed E-state index contributed by atoms with van der Waals surface area (Å²) < 4.78 is 17.3. The Morgan fingerprint density at radius 2 is 1.97 bits per heavy atom. The minimum Gasteiger partial charge on any atom is -0.454 e. The van der Waals surface area contributed by atoms with Gasteiger partial charge in [0, 0.05) is 6.54 Å². The molecule has 0 unspecified atom stereocenters. The number of nitrogens with zero attached hydrogens (tertiary/aromatic N) is 4. The fourth-order valence-electron chi connectivity index (χ4n) is 2.70. The summed E-state index contributed by atoms with van der Waals surface area (Å²) >= 11 is 0. The molecule has 0 spiro atoms. The van der Waals surface area contributed by atoms with E-state index >= 15 is 0 Å². The van der Waals surface area contributed by atoms with Gasteiger partial charge in [0.2, 0.25) is 6.79 Å². The second-order valence-corrected chi connectivity index (χ2v) is 6.25. The molecule has 1 atom stereocenters. The molecule has 29 heavy (non-hydrogen) atoms. The lowest BCUT2D eigenvalue weighted by Gasteiger charge is -2.14. The van der Waals surface area contributed by atoms with Crippen molar-refractivity contribution in [2.75, 3.05) is 6.79 Å². The number of fused-ring (bicyclic) bond motifs is 1. The molecule has 10 nitrogen and oxygen atoms in total. The van der Waals surface area contributed by atoms with Gasteiger partial charge in [-0.1, -0.05) is 6.07 Å². The third-order valence-corrected chi connectivity index (χ3v) is 4.27. The number of carbonyl (C=O) groups excluding carboxylic acids is 2. The van der Waals surface area contributed by atoms with Crippen molar-refractivity contribution in [3.8, 4) is 17.2 Å². The maximum atomic E-state index is 12.3. The maximum absolute atomic E-state index is 12.3. The van der Waals surface area contributed by atoms with Crippen molar-refractivity contribution in [3.63, 3.8) is 0 Å². The minimum absolute atomic E-state index is 0.189. The van der Waals surface area contributed by atoms with E-state index in [2.05, 4.69) is 20.8 Å². The van der Waals surface area contributed by atoms with Gasteiger partial charge < -0.3 is 19.5 Å². The normalized spacial score (nSPS) is 13.0. The van der Waals surface area contributed by atoms with Crippen LogP contribution >= 0.6 is 0 Å². The fourth-order valence-corrected chi connectivity index (χ4v) is 2.70. The first-order valence-electron chi connectivity index (χ1n) is 8.81. The standard InChI is InChI=1S/C19H17N5O5/c1-12(18(25)20-9-13-2-7-16-17(8-13)28-11-27-16)29-19(26)14-3-5-15(6-4-14)24-10-21-22-23-24/h2-8,10,12H,9,11H2,1H3,(H,20,25)/t12-/m0/s1. The highest BCUT2D eigenvalue weighted by molar-refractivity contribution is 5.92. The number of rotatable bonds is 6. The molecule has 1 N–H and O–H groups in total. The number of hydrogen-bond donors (Lipinski definition) is 1. The van der Waals surface area contributed by atoms with E-state index in [9.17, 15) is 9.59 Å². The van der Waals surface area contributed by atoms with Crippen LogP contribution in [0.4, 0.5) is 0 Å². The summed E-state index contributed by atoms with van der Waals surface area (Å²) in [6.45, 7) is 1.98. The van der Waals surface area contributed by atoms with Crippen molar-refractivity contribution in [1.29, 1.82) is 0 Å². The van der Waals surface area contributed by atoms with Crippen molar-refractivity contribution < 1.29 is 23.8 Å². The van der Waals surface area contributed by atoms with Gasteiger partial charge in [-0.2, -0.15) is 0 Å². The van der Waals surface area contributed by atoms with Crippen LogP contribution in [0.15, 0.2) is 48.8 Å². The number of aromatic nitrogens is 4. The molecule has 2 aromatic carbocycles. The summed E-state index contributed by atoms with van der Waals surface area (Å²) in [6.07, 6.45) is 0.496. The van der Waals surface area contributed by atoms with Crippen LogP contribution < -0.4 is 14.8 Å². The highest BCUT2D eigenvalue weighted by atomic mass is 16.7. The fraction of sp³-hybridized carbons (Fsp3) is 0.211. The van der Waals surface area contributed by atoms with Crippen molar-refractivity contribution >= 4 is 11.9 Å². The summed E-state index contributed by atoms with van der Waals surface area (Å²) in [6, 6.07) is 11.9. The number of carbonyl (C=O) groups is 2. The lowest BCUT2D eigenvalue weighted by atomic mass is 10.2. The van der Waals surface area contributed by atoms with Crippen molar-refractivity contribution in [3.05, 3.63) is 59.9 Å². The number of benzene rings is 2. The molecule has 0 aliphatic carbocycles. The Hall–Kier alpha value is -3.95. The molecular formula is C19H17N5O5. The van der Waals surface area contributed by atoms with Crippen LogP contribution in [0.3, 0.4) is 0 Å². The third kappa shape index (κ3) is 4.15. The largest absolute Gasteiger partial charge is 0.454 e. The lowest BCUT2D eigenvalue weighted by molar-refractivity contribution is -0.129. The third-order valence-electron chi connectivity index (χ3n) is 4.27. The first-order chi connectivity index (χ1) is 14.1. The van der Waals surface area contributed by atoms with E-state index in [-0.39, 0.29) is 13.3 Å². The van der Waals surface area contributed by atoms with Crippen LogP contribution in [0, 0.1) is 0 Å². The first-order valence-corrected chi connectivity index (χ1v) is 8.81. The van der Waals surface area contributed by atoms with Gasteiger partial charge in [-0.15, -0.1) is 5.10 Å². The Kier molecular flexibility index (Phi) is 5.06. The van der Waals surface area contributed by atoms with Crippen LogP contribution in [0.2, 0.25) is 0 Å². The smallest absolute Gasteiger partial charge is 0.338 e. The van der Waals surface area contributed by atoms with Crippen LogP contribution in [-0.4, -0.2) is 45.0 Å². The average Bonchev–Trinajstić information content (AvgIpc) is 3.43. The van der Waals surface area contributed by atoms with E-state index in [1.54, 1.807) is 36.4 Å². The summed E-state index contributed by atoms with van der Waals surface area (Å²) in [7, 11) is 0. The number of amides is 1. The molecule has 1 aliphatic heterocycles. The van der Waals surface area contributed by atoms with Gasteiger partial charge >= 0.3 is 5.97 Å². The van der Waals surface area contributed by atoms with E-state index in [1.807, 2.05) is 6.07 Å². The molecule has 4 rings (SSSR count). The van der Waals surface area contributed by atoms with Crippen molar-refractivity contribution in [2.45, 2.75) is 19.6 Å². The summed E-state index contributed by atoms with van der Waals surface area (Å²) in [5, 5.41) is 13.6. The van der Waals surface area contributed by atoms with E-state index in [0.717, 1.165) is 5.56 Å². The average molecular weight is 395 g/mol. The predicted molar refractivity (Wildman–Crippen MR) is 98.4 cm³/mol. The molecular weight excluding hydrogens is 378 g/mol. The van der Waals surface area contributed by atoms with Gasteiger partial charge in [-0.25, -0.2) is 9.48 Å². The Morgan fingerprint density at radius 3 is 2.72 bits per heavy atom. The molecule has 148 valence electrons. The summed E-state index contributed by atoms with van der Waals surface area (Å²) in [5.41, 5.74) is 1.86. The Bertz CT molecular complexity index is 1020. The number of hydrogen-bond acceptors (Lipinski definition) is 8. The Balaban J connectivity index is 1.30. The van der Waals surface area contributed by atoms with E-state index < -0.39 is 18.0 Å². The maximum Gasteiger partial charge on any atom is 0.338 e. The highest BCUT2D eigenvalue weighted by Crippen LogP contribution is 2.32. The number of esters is 1. The molecule has 1 aliphatic rings. The van der Waals surface area contributed by atoms with Gasteiger partial charge in [-0.3, -0.25) is 4.79 Å². The van der Waals surface area contributed by atoms with Gasteiger partial charge in [0.25, 0.3) is 5.91 Å². The zero-order valence-electron chi connectivity index (χ0n) is 15.4. The molecule has 10 heteroatoms. The lowest BCUT2D eigenvalue weighted by Crippen LogP contribution is -2.35. The summed E-state index contributed by atoms with van der Waals surface area (Å²) in [4.78, 5) is 24.5. The zero-order chi connectivity index (χ0) is 20.2. The van der Waals surface area contributed by atoms with E-state index in [4.69, 9.17) is 14.2 Å². The van der Waals surface area contributed by atoms with Gasteiger partial charge in [-0.05, 0) is 59.3 Å².